The summed E-state index contributed by atoms with van der Waals surface area (Å²) in [5.41, 5.74) is 3.73. The molecular weight excluding hydrogens is 520 g/mol. The molecule has 0 fully saturated rings. The standard InChI is InChI=1S/C31H42N6O4/c1-7-34(30(40)41-31(4,5)6)16-15-33-28(38)21-35(27-17-24(18-32)14-13-23(27)3)22-29(39)37(8-2)36-19-25-11-9-10-12-26(25)20-36/h9-14,17H,7-8,15-16,19-22H2,1-6H3,(H,33,38). The van der Waals surface area contributed by atoms with Gasteiger partial charge in [-0.05, 0) is 70.4 Å². The highest BCUT2D eigenvalue weighted by Crippen LogP contribution is 2.25. The van der Waals surface area contributed by atoms with E-state index < -0.39 is 11.7 Å². The number of ether oxygens (including phenoxy) is 1. The van der Waals surface area contributed by atoms with Gasteiger partial charge in [0.15, 0.2) is 0 Å². The van der Waals surface area contributed by atoms with Crippen molar-refractivity contribution in [2.24, 2.45) is 0 Å². The van der Waals surface area contributed by atoms with Crippen LogP contribution in [0.4, 0.5) is 10.5 Å². The number of nitriles is 1. The summed E-state index contributed by atoms with van der Waals surface area (Å²) in [5, 5.41) is 16.1. The highest BCUT2D eigenvalue weighted by molar-refractivity contribution is 5.87. The predicted octanol–water partition coefficient (Wildman–Crippen LogP) is 3.83. The average molecular weight is 563 g/mol. The van der Waals surface area contributed by atoms with Crippen molar-refractivity contribution in [2.45, 2.75) is 60.2 Å². The lowest BCUT2D eigenvalue weighted by Crippen LogP contribution is -2.50. The Kier molecular flexibility index (Phi) is 10.7. The number of hydrazine groups is 1. The van der Waals surface area contributed by atoms with E-state index in [2.05, 4.69) is 23.5 Å². The van der Waals surface area contributed by atoms with Gasteiger partial charge in [0.25, 0.3) is 5.91 Å². The monoisotopic (exact) mass is 562 g/mol. The van der Waals surface area contributed by atoms with Crippen LogP contribution in [0.15, 0.2) is 42.5 Å². The molecule has 220 valence electrons. The Hall–Kier alpha value is -4.10. The second-order valence-corrected chi connectivity index (χ2v) is 11.1. The minimum Gasteiger partial charge on any atom is -0.444 e. The van der Waals surface area contributed by atoms with E-state index in [1.165, 1.54) is 16.0 Å². The van der Waals surface area contributed by atoms with Crippen LogP contribution in [0.1, 0.15) is 56.9 Å². The molecule has 41 heavy (non-hydrogen) atoms. The van der Waals surface area contributed by atoms with Crippen LogP contribution in [0.3, 0.4) is 0 Å². The number of likely N-dealkylation sites (N-methyl/N-ethyl adjacent to an activating group) is 2. The van der Waals surface area contributed by atoms with Crippen molar-refractivity contribution in [1.29, 1.82) is 5.26 Å². The summed E-state index contributed by atoms with van der Waals surface area (Å²) < 4.78 is 5.44. The van der Waals surface area contributed by atoms with Crippen molar-refractivity contribution in [1.82, 2.24) is 20.2 Å². The molecule has 1 aliphatic heterocycles. The first-order valence-electron chi connectivity index (χ1n) is 14.1. The van der Waals surface area contributed by atoms with Gasteiger partial charge in [-0.25, -0.2) is 9.80 Å². The fraction of sp³-hybridized carbons (Fsp3) is 0.484. The van der Waals surface area contributed by atoms with Crippen LogP contribution in [0.5, 0.6) is 0 Å². The summed E-state index contributed by atoms with van der Waals surface area (Å²) in [7, 11) is 0. The van der Waals surface area contributed by atoms with Crippen molar-refractivity contribution in [3.8, 4) is 6.07 Å². The Bertz CT molecular complexity index is 1260. The van der Waals surface area contributed by atoms with Crippen molar-refractivity contribution in [3.05, 3.63) is 64.7 Å². The molecule has 1 heterocycles. The fourth-order valence-electron chi connectivity index (χ4n) is 4.78. The number of hydrogen-bond acceptors (Lipinski definition) is 7. The summed E-state index contributed by atoms with van der Waals surface area (Å²) >= 11 is 0. The summed E-state index contributed by atoms with van der Waals surface area (Å²) in [6.45, 7) is 13.7. The number of amides is 3. The minimum atomic E-state index is -0.610. The molecule has 0 radical (unpaired) electrons. The van der Waals surface area contributed by atoms with E-state index >= 15 is 0 Å². The molecular formula is C31H42N6O4. The van der Waals surface area contributed by atoms with Gasteiger partial charge >= 0.3 is 6.09 Å². The van der Waals surface area contributed by atoms with E-state index in [1.54, 1.807) is 22.0 Å². The third-order valence-corrected chi connectivity index (χ3v) is 6.83. The van der Waals surface area contributed by atoms with Crippen molar-refractivity contribution in [3.63, 3.8) is 0 Å². The molecule has 0 unspecified atom stereocenters. The van der Waals surface area contributed by atoms with E-state index in [0.29, 0.717) is 37.4 Å². The van der Waals surface area contributed by atoms with Crippen LogP contribution >= 0.6 is 0 Å². The van der Waals surface area contributed by atoms with Crippen LogP contribution in [-0.4, -0.2) is 77.7 Å². The number of nitrogens with one attached hydrogen (secondary N) is 1. The van der Waals surface area contributed by atoms with Crippen molar-refractivity contribution < 1.29 is 19.1 Å². The van der Waals surface area contributed by atoms with Gasteiger partial charge in [-0.3, -0.25) is 14.6 Å². The quantitative estimate of drug-likeness (QED) is 0.443. The Labute approximate surface area is 243 Å². The van der Waals surface area contributed by atoms with Gasteiger partial charge in [0.2, 0.25) is 5.91 Å². The molecule has 10 heteroatoms. The molecule has 0 atom stereocenters. The van der Waals surface area contributed by atoms with E-state index in [4.69, 9.17) is 4.74 Å². The number of carbonyl (C=O) groups is 3. The number of hydrogen-bond donors (Lipinski definition) is 1. The SMILES string of the molecule is CCN(CCNC(=O)CN(CC(=O)N(CC)N1Cc2ccccc2C1)c1cc(C#N)ccc1C)C(=O)OC(C)(C)C. The first-order chi connectivity index (χ1) is 19.4. The molecule has 0 saturated carbocycles. The van der Waals surface area contributed by atoms with Crippen molar-refractivity contribution >= 4 is 23.6 Å². The molecule has 0 aromatic heterocycles. The summed E-state index contributed by atoms with van der Waals surface area (Å²) in [4.78, 5) is 42.4. The molecule has 10 nitrogen and oxygen atoms in total. The highest BCUT2D eigenvalue weighted by atomic mass is 16.6. The van der Waals surface area contributed by atoms with Gasteiger partial charge in [0.1, 0.15) is 5.60 Å². The molecule has 3 amide bonds. The maximum absolute atomic E-state index is 13.7. The lowest BCUT2D eigenvalue weighted by Gasteiger charge is -2.34. The van der Waals surface area contributed by atoms with Crippen molar-refractivity contribution in [2.75, 3.05) is 44.2 Å². The van der Waals surface area contributed by atoms with Crippen LogP contribution < -0.4 is 10.2 Å². The summed E-state index contributed by atoms with van der Waals surface area (Å²) in [6, 6.07) is 15.5. The van der Waals surface area contributed by atoms with E-state index in [1.807, 2.05) is 64.8 Å². The van der Waals surface area contributed by atoms with E-state index in [9.17, 15) is 19.6 Å². The molecule has 2 aromatic carbocycles. The fourth-order valence-corrected chi connectivity index (χ4v) is 4.78. The highest BCUT2D eigenvalue weighted by Gasteiger charge is 2.28. The number of aryl methyl sites for hydroxylation is 1. The Balaban J connectivity index is 1.71. The van der Waals surface area contributed by atoms with Gasteiger partial charge < -0.3 is 19.9 Å². The van der Waals surface area contributed by atoms with E-state index in [0.717, 1.165) is 5.56 Å². The third kappa shape index (κ3) is 8.69. The molecule has 3 rings (SSSR count). The Morgan fingerprint density at radius 2 is 1.68 bits per heavy atom. The number of anilines is 1. The number of rotatable bonds is 11. The Morgan fingerprint density at radius 1 is 1.02 bits per heavy atom. The van der Waals surface area contributed by atoms with Gasteiger partial charge in [-0.2, -0.15) is 5.26 Å². The molecule has 1 aliphatic rings. The molecule has 0 saturated heterocycles. The van der Waals surface area contributed by atoms with Crippen LogP contribution in [0.25, 0.3) is 0 Å². The number of benzene rings is 2. The van der Waals surface area contributed by atoms with E-state index in [-0.39, 0.29) is 38.0 Å². The summed E-state index contributed by atoms with van der Waals surface area (Å²) in [6.07, 6.45) is -0.436. The minimum absolute atomic E-state index is 0.0389. The second kappa shape index (κ2) is 14.0. The van der Waals surface area contributed by atoms with Crippen LogP contribution in [0.2, 0.25) is 0 Å². The third-order valence-electron chi connectivity index (χ3n) is 6.83. The topological polar surface area (TPSA) is 109 Å². The number of carbonyl (C=O) groups excluding carboxylic acids is 3. The second-order valence-electron chi connectivity index (χ2n) is 11.1. The molecule has 0 spiro atoms. The average Bonchev–Trinajstić information content (AvgIpc) is 3.34. The zero-order chi connectivity index (χ0) is 30.2. The first kappa shape index (κ1) is 31.4. The number of fused-ring (bicyclic) bond motifs is 1. The molecule has 1 N–H and O–H groups in total. The maximum atomic E-state index is 13.7. The normalized spacial score (nSPS) is 12.7. The molecule has 0 aliphatic carbocycles. The van der Waals surface area contributed by atoms with Gasteiger partial charge in [-0.1, -0.05) is 30.3 Å². The molecule has 0 bridgehead atoms. The van der Waals surface area contributed by atoms with Crippen LogP contribution in [0, 0.1) is 18.3 Å². The Morgan fingerprint density at radius 3 is 2.24 bits per heavy atom. The predicted molar refractivity (Wildman–Crippen MR) is 158 cm³/mol. The zero-order valence-electron chi connectivity index (χ0n) is 25.1. The number of nitrogens with zero attached hydrogens (tertiary/aromatic N) is 5. The maximum Gasteiger partial charge on any atom is 0.410 e. The lowest BCUT2D eigenvalue weighted by molar-refractivity contribution is -0.148. The van der Waals surface area contributed by atoms with Crippen LogP contribution in [-0.2, 0) is 27.4 Å². The van der Waals surface area contributed by atoms with Gasteiger partial charge in [-0.15, -0.1) is 0 Å². The van der Waals surface area contributed by atoms with Gasteiger partial charge in [0, 0.05) is 45.0 Å². The van der Waals surface area contributed by atoms with Gasteiger partial charge in [0.05, 0.1) is 24.7 Å². The zero-order valence-corrected chi connectivity index (χ0v) is 25.1. The largest absolute Gasteiger partial charge is 0.444 e. The lowest BCUT2D eigenvalue weighted by atomic mass is 10.1. The smallest absolute Gasteiger partial charge is 0.410 e. The summed E-state index contributed by atoms with van der Waals surface area (Å²) in [5.74, 6) is -0.437. The molecule has 2 aromatic rings. The first-order valence-corrected chi connectivity index (χ1v) is 14.1.